The average molecular weight is 705 g/mol. The van der Waals surface area contributed by atoms with Crippen molar-refractivity contribution in [2.45, 2.75) is 33.1 Å². The summed E-state index contributed by atoms with van der Waals surface area (Å²) in [5.74, 6) is -0.471. The van der Waals surface area contributed by atoms with Crippen LogP contribution in [0.5, 0.6) is 0 Å². The molecule has 0 bridgehead atoms. The number of tetrazole rings is 1. The van der Waals surface area contributed by atoms with Crippen molar-refractivity contribution in [3.05, 3.63) is 117 Å². The number of rotatable bonds is 8. The second-order valence-corrected chi connectivity index (χ2v) is 11.6. The maximum atomic E-state index is 13.6. The molecule has 0 aliphatic carbocycles. The van der Waals surface area contributed by atoms with Crippen LogP contribution in [0.25, 0.3) is 22.3 Å². The van der Waals surface area contributed by atoms with Gasteiger partial charge in [0.05, 0.1) is 34.7 Å². The van der Waals surface area contributed by atoms with Crippen LogP contribution in [-0.4, -0.2) is 47.2 Å². The molecule has 3 aromatic heterocycles. The molecule has 6 aromatic rings. The third kappa shape index (κ3) is 6.89. The number of hydrogen-bond acceptors (Lipinski definition) is 7. The van der Waals surface area contributed by atoms with Crippen molar-refractivity contribution in [2.24, 2.45) is 0 Å². The van der Waals surface area contributed by atoms with Gasteiger partial charge < -0.3 is 10.6 Å². The molecule has 2 amide bonds. The molecule has 47 heavy (non-hydrogen) atoms. The zero-order valence-corrected chi connectivity index (χ0v) is 26.4. The van der Waals surface area contributed by atoms with Crippen molar-refractivity contribution in [3.8, 4) is 11.4 Å². The monoisotopic (exact) mass is 703 g/mol. The molecule has 3 heterocycles. The number of carbonyl (C=O) groups excluding carboxylic acids is 2. The first-order valence-electron chi connectivity index (χ1n) is 14.2. The molecule has 0 aliphatic heterocycles. The van der Waals surface area contributed by atoms with E-state index in [0.29, 0.717) is 46.0 Å². The van der Waals surface area contributed by atoms with Gasteiger partial charge in [0.15, 0.2) is 0 Å². The summed E-state index contributed by atoms with van der Waals surface area (Å²) in [7, 11) is 0. The topological polar surface area (TPSA) is 143 Å². The maximum Gasteiger partial charge on any atom is 0.433 e. The van der Waals surface area contributed by atoms with Gasteiger partial charge in [-0.15, -0.1) is 10.2 Å². The van der Waals surface area contributed by atoms with E-state index in [2.05, 4.69) is 57.3 Å². The van der Waals surface area contributed by atoms with Crippen molar-refractivity contribution in [3.63, 3.8) is 0 Å². The van der Waals surface area contributed by atoms with Crippen LogP contribution in [0, 0.1) is 13.8 Å². The first-order valence-corrected chi connectivity index (χ1v) is 15.0. The van der Waals surface area contributed by atoms with Crippen LogP contribution < -0.4 is 10.6 Å². The first kappa shape index (κ1) is 31.5. The summed E-state index contributed by atoms with van der Waals surface area (Å²) in [5, 5.41) is 24.3. The number of H-pyrrole nitrogens is 1. The number of aryl methyl sites for hydroxylation is 1. The lowest BCUT2D eigenvalue weighted by Crippen LogP contribution is -2.22. The smallest absolute Gasteiger partial charge is 0.348 e. The van der Waals surface area contributed by atoms with Gasteiger partial charge in [-0.1, -0.05) is 52.3 Å². The molecule has 3 N–H and O–H groups in total. The fourth-order valence-corrected chi connectivity index (χ4v) is 5.38. The molecule has 11 nitrogen and oxygen atoms in total. The Labute approximate surface area is 273 Å². The molecule has 0 saturated carbocycles. The number of anilines is 1. The highest BCUT2D eigenvalue weighted by molar-refractivity contribution is 9.10. The first-order chi connectivity index (χ1) is 22.5. The number of nitrogens with zero attached hydrogens (tertiary/aromatic N) is 6. The normalized spacial score (nSPS) is 11.5. The fourth-order valence-electron chi connectivity index (χ4n) is 5.02. The fraction of sp³-hybridized carbons (Fsp3) is 0.156. The number of aromatic amines is 1. The van der Waals surface area contributed by atoms with Gasteiger partial charge in [-0.25, -0.2) is 4.98 Å². The summed E-state index contributed by atoms with van der Waals surface area (Å²) in [5.41, 5.74) is 3.26. The molecule has 0 saturated heterocycles. The summed E-state index contributed by atoms with van der Waals surface area (Å²) in [6.45, 7) is 4.13. The van der Waals surface area contributed by atoms with E-state index >= 15 is 0 Å². The number of carbonyl (C=O) groups is 2. The van der Waals surface area contributed by atoms with Crippen LogP contribution in [0.2, 0.25) is 0 Å². The molecule has 0 unspecified atom stereocenters. The average Bonchev–Trinajstić information content (AvgIpc) is 3.68. The van der Waals surface area contributed by atoms with Gasteiger partial charge in [0, 0.05) is 27.5 Å². The standard InChI is InChI=1S/C32H25BrF3N9O2/c1-17-28(39-31(47)25-14-27(32(34,35)36)38-26-12-11-23(33)13-24(25)26)18(2)45(42-17)16-20-5-9-22(10-6-20)30(46)37-15-19-3-7-21(8-4-19)29-40-43-44-41-29/h3-14H,15-16H2,1-2H3,(H,37,46)(H,39,47)(H,40,41,43,44). The Hall–Kier alpha value is -5.44. The maximum absolute atomic E-state index is 13.6. The number of halogens is 4. The molecule has 15 heteroatoms. The lowest BCUT2D eigenvalue weighted by molar-refractivity contribution is -0.141. The molecule has 0 spiro atoms. The lowest BCUT2D eigenvalue weighted by Gasteiger charge is -2.13. The van der Waals surface area contributed by atoms with Crippen molar-refractivity contribution >= 4 is 44.3 Å². The van der Waals surface area contributed by atoms with Crippen LogP contribution in [0.3, 0.4) is 0 Å². The van der Waals surface area contributed by atoms with Crippen LogP contribution >= 0.6 is 15.9 Å². The minimum atomic E-state index is -4.73. The Morgan fingerprint density at radius 1 is 0.936 bits per heavy atom. The molecular formula is C32H25BrF3N9O2. The van der Waals surface area contributed by atoms with Crippen molar-refractivity contribution < 1.29 is 22.8 Å². The highest BCUT2D eigenvalue weighted by atomic mass is 79.9. The molecule has 0 atom stereocenters. The number of aromatic nitrogens is 7. The van der Waals surface area contributed by atoms with E-state index in [1.807, 2.05) is 36.4 Å². The molecule has 0 aliphatic rings. The van der Waals surface area contributed by atoms with Crippen LogP contribution in [0.15, 0.2) is 77.3 Å². The Morgan fingerprint density at radius 2 is 1.66 bits per heavy atom. The van der Waals surface area contributed by atoms with Crippen molar-refractivity contribution in [2.75, 3.05) is 5.32 Å². The van der Waals surface area contributed by atoms with E-state index in [0.717, 1.165) is 22.8 Å². The van der Waals surface area contributed by atoms with Gasteiger partial charge in [-0.05, 0) is 66.6 Å². The highest BCUT2D eigenvalue weighted by Crippen LogP contribution is 2.33. The van der Waals surface area contributed by atoms with Crippen LogP contribution in [-0.2, 0) is 19.3 Å². The van der Waals surface area contributed by atoms with E-state index in [-0.39, 0.29) is 22.4 Å². The Balaban J connectivity index is 1.13. The largest absolute Gasteiger partial charge is 0.433 e. The quantitative estimate of drug-likeness (QED) is 0.170. The van der Waals surface area contributed by atoms with E-state index in [1.165, 1.54) is 6.07 Å². The van der Waals surface area contributed by atoms with E-state index in [4.69, 9.17) is 0 Å². The Morgan fingerprint density at radius 3 is 2.34 bits per heavy atom. The number of alkyl halides is 3. The minimum Gasteiger partial charge on any atom is -0.348 e. The summed E-state index contributed by atoms with van der Waals surface area (Å²) < 4.78 is 43.0. The second-order valence-electron chi connectivity index (χ2n) is 10.7. The van der Waals surface area contributed by atoms with E-state index < -0.39 is 17.8 Å². The third-order valence-corrected chi connectivity index (χ3v) is 7.98. The molecule has 6 rings (SSSR count). The predicted molar refractivity (Wildman–Crippen MR) is 170 cm³/mol. The molecule has 0 radical (unpaired) electrons. The number of benzene rings is 3. The van der Waals surface area contributed by atoms with Crippen molar-refractivity contribution in [1.82, 2.24) is 40.7 Å². The van der Waals surface area contributed by atoms with Crippen LogP contribution in [0.4, 0.5) is 18.9 Å². The van der Waals surface area contributed by atoms with Crippen LogP contribution in [0.1, 0.15) is 48.9 Å². The van der Waals surface area contributed by atoms with Gasteiger partial charge in [-0.2, -0.15) is 23.5 Å². The third-order valence-electron chi connectivity index (χ3n) is 7.48. The van der Waals surface area contributed by atoms with E-state index in [1.54, 1.807) is 42.8 Å². The summed E-state index contributed by atoms with van der Waals surface area (Å²) in [4.78, 5) is 29.9. The van der Waals surface area contributed by atoms with Gasteiger partial charge in [0.25, 0.3) is 11.8 Å². The van der Waals surface area contributed by atoms with Gasteiger partial charge in [0.1, 0.15) is 5.69 Å². The predicted octanol–water partition coefficient (Wildman–Crippen LogP) is 6.24. The number of amides is 2. The number of nitrogens with one attached hydrogen (secondary N) is 3. The van der Waals surface area contributed by atoms with Gasteiger partial charge in [-0.3, -0.25) is 14.3 Å². The number of hydrogen-bond donors (Lipinski definition) is 3. The summed E-state index contributed by atoms with van der Waals surface area (Å²) in [6.07, 6.45) is -4.73. The molecule has 238 valence electrons. The second kappa shape index (κ2) is 12.7. The minimum absolute atomic E-state index is 0.0463. The van der Waals surface area contributed by atoms with Crippen molar-refractivity contribution in [1.29, 1.82) is 0 Å². The lowest BCUT2D eigenvalue weighted by atomic mass is 10.1. The Kier molecular flexibility index (Phi) is 8.56. The zero-order valence-electron chi connectivity index (χ0n) is 24.9. The molecule has 0 fully saturated rings. The van der Waals surface area contributed by atoms with E-state index in [9.17, 15) is 22.8 Å². The highest BCUT2D eigenvalue weighted by Gasteiger charge is 2.34. The Bertz CT molecular complexity index is 2090. The number of fused-ring (bicyclic) bond motifs is 1. The summed E-state index contributed by atoms with van der Waals surface area (Å²) in [6, 6.07) is 19.8. The molecule has 3 aromatic carbocycles. The zero-order chi connectivity index (χ0) is 33.3. The molecular weight excluding hydrogens is 679 g/mol. The summed E-state index contributed by atoms with van der Waals surface area (Å²) >= 11 is 3.31. The number of pyridine rings is 1. The van der Waals surface area contributed by atoms with Gasteiger partial charge >= 0.3 is 6.18 Å². The SMILES string of the molecule is Cc1nn(Cc2ccc(C(=O)NCc3ccc(-c4nn[nH]n4)cc3)cc2)c(C)c1NC(=O)c1cc(C(F)(F)F)nc2ccc(Br)cc12. The van der Waals surface area contributed by atoms with Gasteiger partial charge in [0.2, 0.25) is 5.82 Å².